The first kappa shape index (κ1) is 21.8. The van der Waals surface area contributed by atoms with E-state index in [-0.39, 0.29) is 22.9 Å². The number of para-hydroxylation sites is 1. The average molecular weight is 457 g/mol. The number of carbonyl (C=O) groups excluding carboxylic acids is 1. The Hall–Kier alpha value is -3.39. The van der Waals surface area contributed by atoms with E-state index in [0.29, 0.717) is 37.6 Å². The third-order valence-electron chi connectivity index (χ3n) is 5.27. The van der Waals surface area contributed by atoms with Crippen LogP contribution in [0.3, 0.4) is 0 Å². The molecule has 0 atom stereocenters. The molecule has 9 heteroatoms. The molecule has 1 saturated heterocycles. The minimum atomic E-state index is -0.583. The zero-order valence-corrected chi connectivity index (χ0v) is 18.3. The molecule has 0 amide bonds. The Morgan fingerprint density at radius 3 is 2.38 bits per heavy atom. The Bertz CT molecular complexity index is 1180. The highest BCUT2D eigenvalue weighted by Gasteiger charge is 2.26. The zero-order chi connectivity index (χ0) is 22.7. The molecule has 7 nitrogen and oxygen atoms in total. The predicted octanol–water partition coefficient (Wildman–Crippen LogP) is 3.53. The number of hydrogen-bond acceptors (Lipinski definition) is 6. The maximum absolute atomic E-state index is 13.5. The lowest BCUT2D eigenvalue weighted by Crippen LogP contribution is -2.47. The number of rotatable bonds is 5. The monoisotopic (exact) mass is 456 g/mol. The molecule has 0 spiro atoms. The second kappa shape index (κ2) is 9.40. The van der Waals surface area contributed by atoms with Crippen LogP contribution >= 0.6 is 11.6 Å². The van der Waals surface area contributed by atoms with Crippen molar-refractivity contribution in [2.75, 3.05) is 42.6 Å². The Kier molecular flexibility index (Phi) is 6.41. The van der Waals surface area contributed by atoms with Crippen LogP contribution in [0.5, 0.6) is 0 Å². The maximum Gasteiger partial charge on any atom is 0.360 e. The number of hydrogen-bond donors (Lipinski definition) is 0. The van der Waals surface area contributed by atoms with E-state index in [4.69, 9.17) is 16.3 Å². The van der Waals surface area contributed by atoms with Crippen molar-refractivity contribution in [1.82, 2.24) is 9.78 Å². The topological polar surface area (TPSA) is 67.7 Å². The first-order valence-electron chi connectivity index (χ1n) is 10.3. The molecule has 0 radical (unpaired) electrons. The van der Waals surface area contributed by atoms with Gasteiger partial charge in [-0.15, -0.1) is 0 Å². The van der Waals surface area contributed by atoms with E-state index >= 15 is 0 Å². The van der Waals surface area contributed by atoms with Gasteiger partial charge in [0.25, 0.3) is 5.56 Å². The van der Waals surface area contributed by atoms with Crippen molar-refractivity contribution in [1.29, 1.82) is 0 Å². The second-order valence-electron chi connectivity index (χ2n) is 7.26. The summed E-state index contributed by atoms with van der Waals surface area (Å²) in [6.07, 6.45) is 0. The third-order valence-corrected chi connectivity index (χ3v) is 5.56. The number of ether oxygens (including phenoxy) is 1. The Labute approximate surface area is 189 Å². The van der Waals surface area contributed by atoms with Crippen LogP contribution in [0.2, 0.25) is 5.02 Å². The number of piperazine rings is 1. The highest BCUT2D eigenvalue weighted by molar-refractivity contribution is 6.31. The van der Waals surface area contributed by atoms with Gasteiger partial charge in [-0.05, 0) is 37.3 Å². The molecule has 2 heterocycles. The average Bonchev–Trinajstić information content (AvgIpc) is 2.81. The molecule has 2 aromatic carbocycles. The number of esters is 1. The minimum Gasteiger partial charge on any atom is -0.461 e. The molecule has 0 aliphatic carbocycles. The molecule has 3 aromatic rings. The van der Waals surface area contributed by atoms with Crippen LogP contribution in [0.1, 0.15) is 17.4 Å². The van der Waals surface area contributed by atoms with Crippen molar-refractivity contribution in [3.63, 3.8) is 0 Å². The van der Waals surface area contributed by atoms with E-state index < -0.39 is 11.8 Å². The van der Waals surface area contributed by atoms with Crippen molar-refractivity contribution in [3.05, 3.63) is 81.5 Å². The molecule has 1 aliphatic rings. The Morgan fingerprint density at radius 1 is 1.03 bits per heavy atom. The Balaban J connectivity index is 1.63. The van der Waals surface area contributed by atoms with Gasteiger partial charge >= 0.3 is 5.97 Å². The molecule has 0 bridgehead atoms. The number of halogens is 2. The van der Waals surface area contributed by atoms with Crippen LogP contribution in [0.25, 0.3) is 5.69 Å². The summed E-state index contributed by atoms with van der Waals surface area (Å²) in [7, 11) is 0. The first-order valence-corrected chi connectivity index (χ1v) is 10.7. The molecule has 1 aliphatic heterocycles. The maximum atomic E-state index is 13.5. The lowest BCUT2D eigenvalue weighted by Gasteiger charge is -2.37. The molecule has 0 N–H and O–H groups in total. The van der Waals surface area contributed by atoms with Gasteiger partial charge in [0.1, 0.15) is 5.82 Å². The summed E-state index contributed by atoms with van der Waals surface area (Å²) >= 11 is 5.92. The molecule has 166 valence electrons. The SMILES string of the molecule is CCOC(=O)c1nn(-c2ccccc2)c(=O)cc1N1CCN(c2ccc(F)c(Cl)c2)CC1. The predicted molar refractivity (Wildman–Crippen MR) is 122 cm³/mol. The van der Waals surface area contributed by atoms with Crippen molar-refractivity contribution >= 4 is 28.9 Å². The molecule has 1 aromatic heterocycles. The summed E-state index contributed by atoms with van der Waals surface area (Å²) in [6.45, 7) is 4.20. The van der Waals surface area contributed by atoms with Crippen LogP contribution < -0.4 is 15.4 Å². The van der Waals surface area contributed by atoms with E-state index in [1.165, 1.54) is 16.8 Å². The summed E-state index contributed by atoms with van der Waals surface area (Å²) in [4.78, 5) is 29.5. The number of aromatic nitrogens is 2. The van der Waals surface area contributed by atoms with Crippen LogP contribution in [-0.4, -0.2) is 48.5 Å². The first-order chi connectivity index (χ1) is 15.5. The van der Waals surface area contributed by atoms with Gasteiger partial charge < -0.3 is 14.5 Å². The third kappa shape index (κ3) is 4.45. The van der Waals surface area contributed by atoms with Crippen LogP contribution in [0.4, 0.5) is 15.8 Å². The summed E-state index contributed by atoms with van der Waals surface area (Å²) in [5.74, 6) is -1.04. The van der Waals surface area contributed by atoms with E-state index in [9.17, 15) is 14.0 Å². The van der Waals surface area contributed by atoms with Gasteiger partial charge in [-0.25, -0.2) is 9.18 Å². The molecule has 0 unspecified atom stereocenters. The van der Waals surface area contributed by atoms with Crippen LogP contribution in [0.15, 0.2) is 59.4 Å². The fourth-order valence-electron chi connectivity index (χ4n) is 3.67. The smallest absolute Gasteiger partial charge is 0.360 e. The van der Waals surface area contributed by atoms with Crippen LogP contribution in [-0.2, 0) is 4.74 Å². The summed E-state index contributed by atoms with van der Waals surface area (Å²) in [6, 6.07) is 15.0. The fourth-order valence-corrected chi connectivity index (χ4v) is 3.85. The van der Waals surface area contributed by atoms with Crippen molar-refractivity contribution in [2.24, 2.45) is 0 Å². The van der Waals surface area contributed by atoms with E-state index in [1.54, 1.807) is 43.3 Å². The highest BCUT2D eigenvalue weighted by Crippen LogP contribution is 2.26. The van der Waals surface area contributed by atoms with Crippen molar-refractivity contribution in [3.8, 4) is 5.69 Å². The van der Waals surface area contributed by atoms with Gasteiger partial charge in [-0.3, -0.25) is 4.79 Å². The van der Waals surface area contributed by atoms with Crippen molar-refractivity contribution < 1.29 is 13.9 Å². The standard InChI is InChI=1S/C23H22ClFN4O3/c1-2-32-23(31)22-20(15-21(30)29(26-22)16-6-4-3-5-7-16)28-12-10-27(11-13-28)17-8-9-19(25)18(24)14-17/h3-9,14-15H,2,10-13H2,1H3. The zero-order valence-electron chi connectivity index (χ0n) is 17.5. The number of carbonyl (C=O) groups is 1. The minimum absolute atomic E-state index is 0.0725. The summed E-state index contributed by atoms with van der Waals surface area (Å²) in [5, 5.41) is 4.42. The fraction of sp³-hybridized carbons (Fsp3) is 0.261. The number of nitrogens with zero attached hydrogens (tertiary/aromatic N) is 4. The van der Waals surface area contributed by atoms with Gasteiger partial charge in [-0.2, -0.15) is 9.78 Å². The van der Waals surface area contributed by atoms with Crippen LogP contribution in [0, 0.1) is 5.82 Å². The van der Waals surface area contributed by atoms with Gasteiger partial charge in [0.2, 0.25) is 0 Å². The summed E-state index contributed by atoms with van der Waals surface area (Å²) < 4.78 is 19.9. The van der Waals surface area contributed by atoms with Gasteiger partial charge in [0.05, 0.1) is 23.0 Å². The van der Waals surface area contributed by atoms with E-state index in [2.05, 4.69) is 10.00 Å². The number of anilines is 2. The number of benzene rings is 2. The highest BCUT2D eigenvalue weighted by atomic mass is 35.5. The molecular formula is C23H22ClFN4O3. The largest absolute Gasteiger partial charge is 0.461 e. The van der Waals surface area contributed by atoms with E-state index in [1.807, 2.05) is 11.0 Å². The van der Waals surface area contributed by atoms with Gasteiger partial charge in [-0.1, -0.05) is 29.8 Å². The summed E-state index contributed by atoms with van der Waals surface area (Å²) in [5.41, 5.74) is 1.57. The quantitative estimate of drug-likeness (QED) is 0.547. The normalized spacial score (nSPS) is 13.8. The van der Waals surface area contributed by atoms with E-state index in [0.717, 1.165) is 5.69 Å². The lowest BCUT2D eigenvalue weighted by atomic mass is 10.2. The molecular weight excluding hydrogens is 435 g/mol. The molecule has 1 fully saturated rings. The van der Waals surface area contributed by atoms with Gasteiger partial charge in [0, 0.05) is 37.9 Å². The Morgan fingerprint density at radius 2 is 1.72 bits per heavy atom. The van der Waals surface area contributed by atoms with Crippen molar-refractivity contribution in [2.45, 2.75) is 6.92 Å². The van der Waals surface area contributed by atoms with Gasteiger partial charge in [0.15, 0.2) is 5.69 Å². The second-order valence-corrected chi connectivity index (χ2v) is 7.66. The lowest BCUT2D eigenvalue weighted by molar-refractivity contribution is 0.0518. The molecule has 32 heavy (non-hydrogen) atoms. The molecule has 0 saturated carbocycles. The molecule has 4 rings (SSSR count).